The zero-order valence-electron chi connectivity index (χ0n) is 24.3. The molecule has 5 nitrogen and oxygen atoms in total. The highest BCUT2D eigenvalue weighted by atomic mass is 127. The fourth-order valence-electron chi connectivity index (χ4n) is 4.78. The third kappa shape index (κ3) is 8.18. The van der Waals surface area contributed by atoms with Crippen LogP contribution < -0.4 is 38.3 Å². The number of halogens is 2. The Labute approximate surface area is 265 Å². The lowest BCUT2D eigenvalue weighted by molar-refractivity contribution is -0.684. The lowest BCUT2D eigenvalue weighted by atomic mass is 10.0. The molecule has 0 amide bonds. The van der Waals surface area contributed by atoms with E-state index in [9.17, 15) is 4.39 Å². The Bertz CT molecular complexity index is 1570. The fraction of sp³-hybridized carbons (Fsp3) is 0.229. The van der Waals surface area contributed by atoms with E-state index >= 15 is 0 Å². The Hall–Kier alpha value is -4.21. The zero-order chi connectivity index (χ0) is 29.2. The SMILES string of the molecule is CC[n+]1c(/C=C/c2ccc(N(C)CCC#N)cc2)cc(-c2ccc(N(C)CCC#N)cc2)cc1-c1ccc(F)cc1.[I-]. The number of hydrogen-bond acceptors (Lipinski definition) is 4. The molecule has 7 heteroatoms. The number of hydrogen-bond donors (Lipinski definition) is 0. The Morgan fingerprint density at radius 1 is 0.714 bits per heavy atom. The molecule has 0 spiro atoms. The van der Waals surface area contributed by atoms with Gasteiger partial charge in [0.05, 0.1) is 25.0 Å². The highest BCUT2D eigenvalue weighted by Gasteiger charge is 2.19. The summed E-state index contributed by atoms with van der Waals surface area (Å²) in [5.74, 6) is -0.258. The van der Waals surface area contributed by atoms with Gasteiger partial charge in [-0.3, -0.25) is 0 Å². The van der Waals surface area contributed by atoms with Crippen molar-refractivity contribution >= 4 is 23.5 Å². The first kappa shape index (κ1) is 32.3. The molecule has 0 saturated heterocycles. The quantitative estimate of drug-likeness (QED) is 0.176. The van der Waals surface area contributed by atoms with E-state index < -0.39 is 0 Å². The molecule has 0 bridgehead atoms. The van der Waals surface area contributed by atoms with Gasteiger partial charge in [-0.05, 0) is 78.2 Å². The summed E-state index contributed by atoms with van der Waals surface area (Å²) in [5.41, 5.74) is 8.34. The summed E-state index contributed by atoms with van der Waals surface area (Å²) in [5, 5.41) is 17.8. The molecular weight excluding hydrogens is 636 g/mol. The van der Waals surface area contributed by atoms with Crippen LogP contribution in [0.4, 0.5) is 15.8 Å². The number of aromatic nitrogens is 1. The molecule has 0 fully saturated rings. The minimum absolute atomic E-state index is 0. The lowest BCUT2D eigenvalue weighted by Crippen LogP contribution is -3.00. The first-order chi connectivity index (χ1) is 19.9. The highest BCUT2D eigenvalue weighted by Crippen LogP contribution is 2.28. The van der Waals surface area contributed by atoms with Crippen molar-refractivity contribution in [2.75, 3.05) is 37.0 Å². The topological polar surface area (TPSA) is 57.9 Å². The van der Waals surface area contributed by atoms with Gasteiger partial charge >= 0.3 is 0 Å². The standard InChI is InChI=1S/C35H35FN5.HI/c1-4-41-34(18-9-27-7-16-32(17-8-27)39(2)23-5-21-37)25-30(26-35(41)29-10-14-31(36)15-11-29)28-12-19-33(20-13-28)40(3)24-6-22-38;/h7-20,25-26H,4-6,23-24H2,1-3H3;1H/q+1;/p-1. The maximum atomic E-state index is 13.8. The van der Waals surface area contributed by atoms with Gasteiger partial charge in [0.2, 0.25) is 11.4 Å². The lowest BCUT2D eigenvalue weighted by Gasteiger charge is -2.18. The van der Waals surface area contributed by atoms with Crippen LogP contribution in [0.15, 0.2) is 84.9 Å². The summed E-state index contributed by atoms with van der Waals surface area (Å²) in [6, 6.07) is 32.0. The van der Waals surface area contributed by atoms with E-state index in [4.69, 9.17) is 10.5 Å². The molecule has 214 valence electrons. The summed E-state index contributed by atoms with van der Waals surface area (Å²) in [4.78, 5) is 4.15. The Morgan fingerprint density at radius 3 is 1.76 bits per heavy atom. The smallest absolute Gasteiger partial charge is 0.213 e. The van der Waals surface area contributed by atoms with Crippen LogP contribution in [-0.4, -0.2) is 27.2 Å². The first-order valence-corrected chi connectivity index (χ1v) is 13.8. The number of benzene rings is 3. The van der Waals surface area contributed by atoms with Gasteiger partial charge in [-0.2, -0.15) is 15.1 Å². The highest BCUT2D eigenvalue weighted by molar-refractivity contribution is 5.75. The molecule has 0 radical (unpaired) electrons. The average molecular weight is 672 g/mol. The zero-order valence-corrected chi connectivity index (χ0v) is 26.4. The molecule has 0 aliphatic rings. The molecule has 0 aliphatic carbocycles. The molecule has 0 atom stereocenters. The maximum absolute atomic E-state index is 13.8. The summed E-state index contributed by atoms with van der Waals surface area (Å²) < 4.78 is 16.0. The Kier molecular flexibility index (Phi) is 12.1. The van der Waals surface area contributed by atoms with E-state index in [1.165, 1.54) is 12.1 Å². The van der Waals surface area contributed by atoms with Gasteiger partial charge in [0, 0.05) is 62.3 Å². The summed E-state index contributed by atoms with van der Waals surface area (Å²) in [7, 11) is 3.98. The van der Waals surface area contributed by atoms with Crippen molar-refractivity contribution < 1.29 is 32.9 Å². The number of nitrogens with zero attached hydrogens (tertiary/aromatic N) is 5. The number of rotatable bonds is 11. The molecule has 0 N–H and O–H groups in total. The monoisotopic (exact) mass is 671 g/mol. The van der Waals surface area contributed by atoms with Crippen molar-refractivity contribution in [1.82, 2.24) is 0 Å². The molecule has 0 aliphatic heterocycles. The number of pyridine rings is 1. The fourth-order valence-corrected chi connectivity index (χ4v) is 4.78. The molecule has 3 aromatic carbocycles. The number of anilines is 2. The molecule has 0 unspecified atom stereocenters. The first-order valence-electron chi connectivity index (χ1n) is 13.8. The van der Waals surface area contributed by atoms with Crippen LogP contribution in [0.1, 0.15) is 31.0 Å². The van der Waals surface area contributed by atoms with Gasteiger partial charge in [0.25, 0.3) is 0 Å². The van der Waals surface area contributed by atoms with Crippen LogP contribution in [0.25, 0.3) is 34.5 Å². The second kappa shape index (κ2) is 15.7. The molecule has 4 rings (SSSR count). The van der Waals surface area contributed by atoms with Gasteiger partial charge in [-0.1, -0.05) is 24.3 Å². The van der Waals surface area contributed by atoms with Gasteiger partial charge in [-0.25, -0.2) is 4.39 Å². The maximum Gasteiger partial charge on any atom is 0.213 e. The molecule has 1 heterocycles. The largest absolute Gasteiger partial charge is 1.00 e. The third-order valence-electron chi connectivity index (χ3n) is 7.19. The van der Waals surface area contributed by atoms with E-state index in [2.05, 4.69) is 106 Å². The van der Waals surface area contributed by atoms with Gasteiger partial charge in [0.1, 0.15) is 12.4 Å². The summed E-state index contributed by atoms with van der Waals surface area (Å²) >= 11 is 0. The summed E-state index contributed by atoms with van der Waals surface area (Å²) in [6.07, 6.45) is 5.19. The second-order valence-corrected chi connectivity index (χ2v) is 9.94. The van der Waals surface area contributed by atoms with Crippen LogP contribution in [0.3, 0.4) is 0 Å². The Morgan fingerprint density at radius 2 is 1.24 bits per heavy atom. The van der Waals surface area contributed by atoms with Crippen LogP contribution >= 0.6 is 0 Å². The van der Waals surface area contributed by atoms with Gasteiger partial charge in [0.15, 0.2) is 0 Å². The molecular formula is C35H35FIN5. The van der Waals surface area contributed by atoms with Gasteiger partial charge < -0.3 is 33.8 Å². The van der Waals surface area contributed by atoms with E-state index in [1.807, 2.05) is 26.2 Å². The van der Waals surface area contributed by atoms with Crippen molar-refractivity contribution in [1.29, 1.82) is 10.5 Å². The predicted molar refractivity (Wildman–Crippen MR) is 166 cm³/mol. The summed E-state index contributed by atoms with van der Waals surface area (Å²) in [6.45, 7) is 4.23. The van der Waals surface area contributed by atoms with Crippen LogP contribution in [0, 0.1) is 28.5 Å². The van der Waals surface area contributed by atoms with Crippen molar-refractivity contribution in [3.8, 4) is 34.5 Å². The van der Waals surface area contributed by atoms with Crippen molar-refractivity contribution in [2.24, 2.45) is 0 Å². The van der Waals surface area contributed by atoms with Crippen molar-refractivity contribution in [3.05, 3.63) is 102 Å². The molecule has 4 aromatic rings. The van der Waals surface area contributed by atoms with Crippen LogP contribution in [0.2, 0.25) is 0 Å². The third-order valence-corrected chi connectivity index (χ3v) is 7.19. The Balaban J connectivity index is 0.00000484. The minimum atomic E-state index is -0.258. The molecule has 0 saturated carbocycles. The predicted octanol–water partition coefficient (Wildman–Crippen LogP) is 4.34. The van der Waals surface area contributed by atoms with E-state index in [0.29, 0.717) is 25.9 Å². The van der Waals surface area contributed by atoms with Gasteiger partial charge in [-0.15, -0.1) is 0 Å². The van der Waals surface area contributed by atoms with Crippen LogP contribution in [0.5, 0.6) is 0 Å². The van der Waals surface area contributed by atoms with E-state index in [1.54, 1.807) is 0 Å². The van der Waals surface area contributed by atoms with Crippen molar-refractivity contribution in [3.63, 3.8) is 0 Å². The number of nitriles is 2. The molecule has 42 heavy (non-hydrogen) atoms. The van der Waals surface area contributed by atoms with E-state index in [-0.39, 0.29) is 29.8 Å². The average Bonchev–Trinajstić information content (AvgIpc) is 3.01. The van der Waals surface area contributed by atoms with Crippen molar-refractivity contribution in [2.45, 2.75) is 26.3 Å². The normalized spacial score (nSPS) is 10.5. The second-order valence-electron chi connectivity index (χ2n) is 9.94. The van der Waals surface area contributed by atoms with Crippen LogP contribution in [-0.2, 0) is 6.54 Å². The molecule has 1 aromatic heterocycles. The van der Waals surface area contributed by atoms with E-state index in [0.717, 1.165) is 51.6 Å². The minimum Gasteiger partial charge on any atom is -1.00 e.